The Morgan fingerprint density at radius 1 is 0.322 bits per heavy atom. The molecule has 0 saturated heterocycles. The molecule has 0 aliphatic rings. The maximum atomic E-state index is 10.7. The van der Waals surface area contributed by atoms with Crippen molar-refractivity contribution in [3.8, 4) is 140 Å². The Labute approximate surface area is 732 Å². The quantitative estimate of drug-likeness (QED) is 0.0574. The molecule has 13 nitrogen and oxygen atoms in total. The van der Waals surface area contributed by atoms with Crippen LogP contribution >= 0.6 is 0 Å². The number of non-ortho nitro benzene ring substituents is 1. The van der Waals surface area contributed by atoms with Crippen LogP contribution in [0.25, 0.3) is 135 Å². The number of aromatic nitrogens is 9. The van der Waals surface area contributed by atoms with Crippen LogP contribution in [-0.4, -0.2) is 42.3 Å². The summed E-state index contributed by atoms with van der Waals surface area (Å²) in [6.45, 7) is 8.67. The zero-order valence-corrected chi connectivity index (χ0v) is 71.8. The molecule has 0 saturated carbocycles. The van der Waals surface area contributed by atoms with E-state index in [9.17, 15) is 10.1 Å². The number of pyridine rings is 3. The van der Waals surface area contributed by atoms with Gasteiger partial charge in [0, 0.05) is 110 Å². The van der Waals surface area contributed by atoms with E-state index in [0.29, 0.717) is 11.3 Å². The van der Waals surface area contributed by atoms with Crippen molar-refractivity contribution >= 4 is 5.69 Å². The average molecular weight is 2080 g/mol. The predicted octanol–water partition coefficient (Wildman–Crippen LogP) is 23.7. The second-order valence-corrected chi connectivity index (χ2v) is 27.3. The summed E-state index contributed by atoms with van der Waals surface area (Å²) >= 11 is 0. The van der Waals surface area contributed by atoms with Gasteiger partial charge in [-0.1, -0.05) is 258 Å². The number of ether oxygens (including phenoxy) is 1. The van der Waals surface area contributed by atoms with E-state index in [1.807, 2.05) is 200 Å². The molecule has 0 bridgehead atoms. The van der Waals surface area contributed by atoms with Crippen LogP contribution in [0.2, 0.25) is 0 Å². The first-order chi connectivity index (χ1) is 56.3. The summed E-state index contributed by atoms with van der Waals surface area (Å²) in [5, 5.41) is 36.4. The summed E-state index contributed by atoms with van der Waals surface area (Å²) < 4.78 is 5.16. The number of hydrogen-bond donors (Lipinski definition) is 0. The van der Waals surface area contributed by atoms with Gasteiger partial charge < -0.3 is 50.3 Å². The molecule has 0 N–H and O–H groups in total. The minimum absolute atomic E-state index is 0. The zero-order valence-electron chi connectivity index (χ0n) is 64.9. The van der Waals surface area contributed by atoms with Crippen molar-refractivity contribution in [1.29, 1.82) is 0 Å². The minimum atomic E-state index is -0.448. The van der Waals surface area contributed by atoms with Crippen molar-refractivity contribution in [2.75, 3.05) is 7.11 Å². The fourth-order valence-electron chi connectivity index (χ4n) is 11.9. The van der Waals surface area contributed by atoms with Crippen molar-refractivity contribution in [1.82, 2.24) is 45.5 Å². The van der Waals surface area contributed by atoms with Gasteiger partial charge in [0.05, 0.1) is 7.11 Å². The first kappa shape index (κ1) is 87.4. The maximum Gasteiger partial charge on any atom is 0.190 e. The van der Waals surface area contributed by atoms with Gasteiger partial charge in [-0.3, -0.25) is 10.1 Å². The molecule has 0 amide bonds. The van der Waals surface area contributed by atoms with Gasteiger partial charge in [-0.25, -0.2) is 17.1 Å². The van der Waals surface area contributed by atoms with Crippen LogP contribution in [0.3, 0.4) is 0 Å². The predicted molar refractivity (Wildman–Crippen MR) is 460 cm³/mol. The number of nitro groups is 1. The third-order valence-corrected chi connectivity index (χ3v) is 18.2. The monoisotopic (exact) mass is 2070 g/mol. The molecule has 0 spiro atoms. The van der Waals surface area contributed by atoms with Gasteiger partial charge in [0.1, 0.15) is 0 Å². The van der Waals surface area contributed by atoms with Crippen LogP contribution in [0.5, 0.6) is 5.75 Å². The van der Waals surface area contributed by atoms with Gasteiger partial charge >= 0.3 is 0 Å². The fourth-order valence-corrected chi connectivity index (χ4v) is 11.9. The van der Waals surface area contributed by atoms with Crippen molar-refractivity contribution in [2.45, 2.75) is 33.1 Å². The third-order valence-electron chi connectivity index (χ3n) is 18.2. The van der Waals surface area contributed by atoms with E-state index in [1.54, 1.807) is 37.8 Å². The molecule has 18 aromatic rings. The summed E-state index contributed by atoms with van der Waals surface area (Å²) in [7, 11) is 1.64. The summed E-state index contributed by atoms with van der Waals surface area (Å²) in [5.41, 5.74) is 26.2. The van der Waals surface area contributed by atoms with Crippen LogP contribution in [-0.2, 0) is 68.6 Å². The van der Waals surface area contributed by atoms with E-state index < -0.39 is 4.92 Å². The molecular formula is C102H77N10O3Pt3-9. The molecule has 16 heteroatoms. The molecule has 6 aromatic heterocycles. The molecule has 12 aromatic carbocycles. The molecule has 0 fully saturated rings. The Balaban J connectivity index is 0.000000153. The smallest absolute Gasteiger partial charge is 0.190 e. The number of nitrogens with zero attached hydrogens (tertiary/aromatic N) is 10. The number of aryl methyl sites for hydroxylation is 1. The molecular weight excluding hydrogens is 2000 g/mol. The van der Waals surface area contributed by atoms with Gasteiger partial charge in [0.15, 0.2) is 5.69 Å². The van der Waals surface area contributed by atoms with Crippen molar-refractivity contribution in [2.24, 2.45) is 0 Å². The summed E-state index contributed by atoms with van der Waals surface area (Å²) in [6, 6.07) is 136. The number of hydrogen-bond acceptors (Lipinski definition) is 9. The van der Waals surface area contributed by atoms with E-state index in [2.05, 4.69) is 243 Å². The van der Waals surface area contributed by atoms with E-state index in [1.165, 1.54) is 45.5 Å². The van der Waals surface area contributed by atoms with Gasteiger partial charge in [0.2, 0.25) is 0 Å². The Morgan fingerprint density at radius 2 is 0.653 bits per heavy atom. The molecule has 0 aliphatic carbocycles. The molecule has 0 unspecified atom stereocenters. The van der Waals surface area contributed by atoms with Crippen molar-refractivity contribution < 1.29 is 72.9 Å². The first-order valence-corrected chi connectivity index (χ1v) is 37.2. The Bertz CT molecular complexity index is 5790. The summed E-state index contributed by atoms with van der Waals surface area (Å²) in [4.78, 5) is 23.0. The summed E-state index contributed by atoms with van der Waals surface area (Å²) in [6.07, 6.45) is 5.37. The number of methoxy groups -OCH3 is 1. The zero-order chi connectivity index (χ0) is 79.4. The van der Waals surface area contributed by atoms with Gasteiger partial charge in [-0.15, -0.1) is 173 Å². The molecule has 0 radical (unpaired) electrons. The molecule has 118 heavy (non-hydrogen) atoms. The van der Waals surface area contributed by atoms with Crippen LogP contribution in [0, 0.1) is 53.4 Å². The molecule has 0 atom stereocenters. The van der Waals surface area contributed by atoms with Crippen LogP contribution in [0.1, 0.15) is 31.9 Å². The number of nitro benzene ring substituents is 1. The number of benzene rings is 12. The SMILES string of the molecule is CC(C)(C)c1c[c-]c(-c2cc(-c3ccc(-c4ccccc4)cc3)n[n-]2)cc1.COc1c[c-]c(-c2cc(-c3ccc(-c4ccccc4)cc3)n[n-]2)cc1.Cc1c[c-]c(-c2ccccn2)cc1.O=[N+]([O-])c1c[c-]c(-c2cc(-c3ccc(-c4ccccc4)cc3)n[n-]2)cc1.[Pt].[Pt].[Pt].[c-]1ccccc1-c1ccccn1.[c-]1ccccc1-c1ccccn1. The molecule has 0 aliphatic heterocycles. The topological polar surface area (TPSA) is 172 Å². The van der Waals surface area contributed by atoms with Crippen molar-refractivity contribution in [3.63, 3.8) is 0 Å². The van der Waals surface area contributed by atoms with Crippen LogP contribution in [0.4, 0.5) is 5.69 Å². The Morgan fingerprint density at radius 3 is 0.949 bits per heavy atom. The van der Waals surface area contributed by atoms with Gasteiger partial charge in [-0.05, 0) is 90.8 Å². The molecule has 592 valence electrons. The van der Waals surface area contributed by atoms with E-state index in [-0.39, 0.29) is 74.3 Å². The van der Waals surface area contributed by atoms with Crippen LogP contribution in [0.15, 0.2) is 377 Å². The Kier molecular flexibility index (Phi) is 32.7. The second kappa shape index (κ2) is 44.2. The van der Waals surface area contributed by atoms with Gasteiger partial charge in [-0.2, -0.15) is 16.7 Å². The van der Waals surface area contributed by atoms with Crippen molar-refractivity contribution in [3.05, 3.63) is 434 Å². The standard InChI is InChI=1S/C25H22N2.C22H16N2O.C21H13N3O2.C12H10N.2C11H8N.3Pt/c1-25(2,3)22-15-13-21(14-16-22)24-17-23(26-27-24)20-11-9-19(10-12-20)18-7-5-4-6-8-18;1-25-20-13-11-19(12-14-20)22-15-21(23-24-22)18-9-7-17(8-10-18)16-5-3-2-4-6-16;25-24(26)19-12-10-18(11-13-19)21-14-20(22-23-21)17-8-6-16(7-9-17)15-4-2-1-3-5-15;1-10-5-7-11(8-6-10)12-4-2-3-9-13-12;2*1-2-6-10(7-3-1)11-8-4-5-9-12-11;;;/h4-13,15-17H,1-3H3;2-11,13-15H,1H3;1-10,12-14H;2-7,9H,1H3;2*1-6,8-9H;;;/q3*-2;3*-1;;;. The average Bonchev–Trinajstić information content (AvgIpc) is 1.63. The first-order valence-electron chi connectivity index (χ1n) is 37.2. The molecule has 18 rings (SSSR count). The minimum Gasteiger partial charge on any atom is -0.618 e. The van der Waals surface area contributed by atoms with E-state index >= 15 is 0 Å². The number of rotatable bonds is 14. The Hall–Kier alpha value is -13.0. The molecule has 6 heterocycles. The summed E-state index contributed by atoms with van der Waals surface area (Å²) in [5.74, 6) is 0.778. The maximum absolute atomic E-state index is 10.7. The van der Waals surface area contributed by atoms with Gasteiger partial charge in [0.25, 0.3) is 0 Å². The fraction of sp³-hybridized carbons (Fsp3) is 0.0588. The van der Waals surface area contributed by atoms with E-state index in [4.69, 9.17) is 4.74 Å². The second-order valence-electron chi connectivity index (χ2n) is 27.3. The largest absolute Gasteiger partial charge is 0.618 e. The third kappa shape index (κ3) is 24.8. The van der Waals surface area contributed by atoms with Crippen LogP contribution < -0.4 is 20.0 Å². The van der Waals surface area contributed by atoms with E-state index in [0.717, 1.165) is 107 Å². The normalized spacial score (nSPS) is 10.3.